The van der Waals surface area contributed by atoms with Gasteiger partial charge in [0.15, 0.2) is 0 Å². The molecule has 1 radical (unpaired) electrons. The Bertz CT molecular complexity index is 544. The lowest BCUT2D eigenvalue weighted by Gasteiger charge is -2.36. The molecule has 3 rings (SSSR count). The van der Waals surface area contributed by atoms with E-state index in [1.165, 1.54) is 49.7 Å². The maximum Gasteiger partial charge on any atom is 0.0525 e. The van der Waals surface area contributed by atoms with Crippen molar-refractivity contribution < 1.29 is 9.47 Å². The molecule has 24 heavy (non-hydrogen) atoms. The van der Waals surface area contributed by atoms with Crippen LogP contribution in [0.1, 0.15) is 56.9 Å². The molecule has 0 aromatic heterocycles. The van der Waals surface area contributed by atoms with Crippen LogP contribution < -0.4 is 0 Å². The second-order valence-electron chi connectivity index (χ2n) is 7.89. The zero-order valence-electron chi connectivity index (χ0n) is 15.3. The summed E-state index contributed by atoms with van der Waals surface area (Å²) < 4.78 is 12.3. The van der Waals surface area contributed by atoms with E-state index in [2.05, 4.69) is 36.4 Å². The van der Waals surface area contributed by atoms with Crippen LogP contribution in [0.3, 0.4) is 0 Å². The van der Waals surface area contributed by atoms with Crippen molar-refractivity contribution in [3.8, 4) is 0 Å². The Kier molecular flexibility index (Phi) is 6.14. The fraction of sp³-hybridized carbons (Fsp3) is 0.600. The highest BCUT2D eigenvalue weighted by molar-refractivity contribution is 6.15. The van der Waals surface area contributed by atoms with Gasteiger partial charge in [-0.2, -0.15) is 0 Å². The maximum atomic E-state index is 6.21. The van der Waals surface area contributed by atoms with Gasteiger partial charge >= 0.3 is 0 Å². The van der Waals surface area contributed by atoms with Gasteiger partial charge in [-0.15, -0.1) is 0 Å². The topological polar surface area (TPSA) is 18.5 Å². The van der Waals surface area contributed by atoms with Crippen LogP contribution in [0.15, 0.2) is 30.3 Å². The third kappa shape index (κ3) is 4.91. The Balaban J connectivity index is 1.78. The number of hydrogen-bond acceptors (Lipinski definition) is 2. The molecule has 0 bridgehead atoms. The van der Waals surface area contributed by atoms with E-state index in [4.69, 9.17) is 9.47 Å². The van der Waals surface area contributed by atoms with E-state index in [1.807, 2.05) is 0 Å². The molecule has 4 heteroatoms. The fourth-order valence-electron chi connectivity index (χ4n) is 3.84. The van der Waals surface area contributed by atoms with Crippen molar-refractivity contribution in [1.82, 2.24) is 0 Å². The first-order chi connectivity index (χ1) is 11.6. The Morgan fingerprint density at radius 3 is 2.12 bits per heavy atom. The summed E-state index contributed by atoms with van der Waals surface area (Å²) in [6, 6.07) is 10.8. The zero-order valence-corrected chi connectivity index (χ0v) is 19.3. The molecule has 2 fully saturated rings. The zero-order chi connectivity index (χ0) is 16.9. The molecule has 1 aromatic carbocycles. The van der Waals surface area contributed by atoms with Crippen LogP contribution in [0.4, 0.5) is 0 Å². The Labute approximate surface area is 152 Å². The number of hydrogen-bond donors (Lipinski definition) is 0. The quantitative estimate of drug-likeness (QED) is 0.750. The molecule has 0 spiro atoms. The molecule has 0 saturated carbocycles. The van der Waals surface area contributed by atoms with Crippen molar-refractivity contribution >= 4 is 26.1 Å². The fourth-order valence-corrected chi connectivity index (χ4v) is 5.48. The van der Waals surface area contributed by atoms with Crippen LogP contribution in [-0.2, 0) is 9.47 Å². The standard InChI is InChI=1S/C20H31O2Si2/c23-19(11-4-6-14-21-19)13-10-18(17-8-2-1-3-9-17)16-20(24)12-5-7-15-22-20/h1-3,8-9H,4-7,11-16H2,23-24H3. The van der Waals surface area contributed by atoms with E-state index < -0.39 is 0 Å². The summed E-state index contributed by atoms with van der Waals surface area (Å²) in [4.78, 5) is 0. The molecule has 2 unspecified atom stereocenters. The first-order valence-electron chi connectivity index (χ1n) is 9.52. The largest absolute Gasteiger partial charge is 0.379 e. The smallest absolute Gasteiger partial charge is 0.0525 e. The third-order valence-corrected chi connectivity index (χ3v) is 7.73. The summed E-state index contributed by atoms with van der Waals surface area (Å²) in [7, 11) is 2.17. The van der Waals surface area contributed by atoms with Crippen LogP contribution in [0.25, 0.3) is 5.57 Å². The molecule has 0 amide bonds. The molecule has 131 valence electrons. The van der Waals surface area contributed by atoms with Crippen LogP contribution in [0, 0.1) is 6.08 Å². The highest BCUT2D eigenvalue weighted by Crippen LogP contribution is 2.34. The van der Waals surface area contributed by atoms with Crippen LogP contribution >= 0.6 is 0 Å². The van der Waals surface area contributed by atoms with E-state index >= 15 is 0 Å². The highest BCUT2D eigenvalue weighted by atomic mass is 28.1. The second-order valence-corrected chi connectivity index (χ2v) is 11.5. The normalized spacial score (nSPS) is 32.1. The van der Waals surface area contributed by atoms with Gasteiger partial charge in [0.1, 0.15) is 0 Å². The monoisotopic (exact) mass is 359 g/mol. The number of rotatable bonds is 5. The van der Waals surface area contributed by atoms with Crippen molar-refractivity contribution in [3.05, 3.63) is 42.0 Å². The minimum absolute atomic E-state index is 0.0994. The third-order valence-electron chi connectivity index (χ3n) is 5.45. The van der Waals surface area contributed by atoms with Crippen LogP contribution in [-0.4, -0.2) is 44.1 Å². The minimum atomic E-state index is 0.0994. The Morgan fingerprint density at radius 2 is 1.54 bits per heavy atom. The first kappa shape index (κ1) is 18.1. The van der Waals surface area contributed by atoms with E-state index in [-0.39, 0.29) is 10.4 Å². The molecule has 2 atom stereocenters. The van der Waals surface area contributed by atoms with Crippen molar-refractivity contribution in [2.75, 3.05) is 13.2 Å². The minimum Gasteiger partial charge on any atom is -0.379 e. The molecule has 2 aliphatic heterocycles. The molecular weight excluding hydrogens is 328 g/mol. The van der Waals surface area contributed by atoms with Gasteiger partial charge in [0, 0.05) is 33.7 Å². The lowest BCUT2D eigenvalue weighted by atomic mass is 9.93. The average Bonchev–Trinajstić information content (AvgIpc) is 2.61. The van der Waals surface area contributed by atoms with Gasteiger partial charge in [0.05, 0.1) is 10.4 Å². The summed E-state index contributed by atoms with van der Waals surface area (Å²) in [5, 5.41) is 0.201. The van der Waals surface area contributed by atoms with Crippen molar-refractivity contribution in [2.45, 2.75) is 61.8 Å². The van der Waals surface area contributed by atoms with Gasteiger partial charge in [-0.25, -0.2) is 0 Å². The van der Waals surface area contributed by atoms with Crippen molar-refractivity contribution in [1.29, 1.82) is 0 Å². The predicted octanol–water partition coefficient (Wildman–Crippen LogP) is 2.18. The number of ether oxygens (including phenoxy) is 2. The molecule has 2 nitrogen and oxygen atoms in total. The first-order valence-corrected chi connectivity index (χ1v) is 11.5. The van der Waals surface area contributed by atoms with Crippen LogP contribution in [0.2, 0.25) is 0 Å². The molecule has 2 heterocycles. The van der Waals surface area contributed by atoms with E-state index in [9.17, 15) is 0 Å². The predicted molar refractivity (Wildman–Crippen MR) is 107 cm³/mol. The van der Waals surface area contributed by atoms with Gasteiger partial charge in [-0.05, 0) is 68.6 Å². The second kappa shape index (κ2) is 8.13. The summed E-state index contributed by atoms with van der Waals surface area (Å²) in [6.07, 6.45) is 13.2. The van der Waals surface area contributed by atoms with Gasteiger partial charge in [0.2, 0.25) is 0 Å². The van der Waals surface area contributed by atoms with Crippen LogP contribution in [0.5, 0.6) is 0 Å². The lowest BCUT2D eigenvalue weighted by molar-refractivity contribution is -0.0177. The summed E-state index contributed by atoms with van der Waals surface area (Å²) >= 11 is 0. The Hall–Kier alpha value is -0.686. The highest BCUT2D eigenvalue weighted by Gasteiger charge is 2.31. The summed E-state index contributed by atoms with van der Waals surface area (Å²) in [5.41, 5.74) is 2.65. The average molecular weight is 360 g/mol. The van der Waals surface area contributed by atoms with E-state index in [1.54, 1.807) is 0 Å². The molecule has 2 saturated heterocycles. The van der Waals surface area contributed by atoms with Gasteiger partial charge < -0.3 is 9.47 Å². The lowest BCUT2D eigenvalue weighted by Crippen LogP contribution is -2.38. The SMILES string of the molecule is [SiH3]C1(C[C]=C(CC2([SiH3])CCCCO2)c2ccccc2)CCCCO1. The van der Waals surface area contributed by atoms with Gasteiger partial charge in [-0.3, -0.25) is 0 Å². The van der Waals surface area contributed by atoms with E-state index in [0.29, 0.717) is 0 Å². The van der Waals surface area contributed by atoms with Gasteiger partial charge in [0.25, 0.3) is 0 Å². The number of benzene rings is 1. The molecule has 1 aromatic rings. The van der Waals surface area contributed by atoms with Gasteiger partial charge in [-0.1, -0.05) is 30.3 Å². The van der Waals surface area contributed by atoms with Crippen molar-refractivity contribution in [3.63, 3.8) is 0 Å². The summed E-state index contributed by atoms with van der Waals surface area (Å²) in [6.45, 7) is 1.86. The molecule has 2 aliphatic rings. The van der Waals surface area contributed by atoms with E-state index in [0.717, 1.165) is 46.5 Å². The van der Waals surface area contributed by atoms with Crippen molar-refractivity contribution in [2.24, 2.45) is 0 Å². The maximum absolute atomic E-state index is 6.21. The summed E-state index contributed by atoms with van der Waals surface area (Å²) in [5.74, 6) is 0. The Morgan fingerprint density at radius 1 is 0.917 bits per heavy atom. The molecule has 0 aliphatic carbocycles. The molecular formula is C20H31O2Si2. The molecule has 0 N–H and O–H groups in total.